The number of para-hydroxylation sites is 1. The lowest BCUT2D eigenvalue weighted by atomic mass is 9.75. The van der Waals surface area contributed by atoms with E-state index in [1.54, 1.807) is 26.4 Å². The van der Waals surface area contributed by atoms with Gasteiger partial charge >= 0.3 is 0 Å². The summed E-state index contributed by atoms with van der Waals surface area (Å²) in [6, 6.07) is 17.6. The predicted molar refractivity (Wildman–Crippen MR) is 141 cm³/mol. The lowest BCUT2D eigenvalue weighted by Gasteiger charge is -2.47. The minimum Gasteiger partial charge on any atom is -0.493 e. The highest BCUT2D eigenvalue weighted by Gasteiger charge is 2.48. The molecule has 0 N–H and O–H groups in total. The highest BCUT2D eigenvalue weighted by atomic mass is 19.1. The van der Waals surface area contributed by atoms with Gasteiger partial charge in [-0.25, -0.2) is 4.39 Å². The zero-order chi connectivity index (χ0) is 26.4. The number of methoxy groups -OCH3 is 2. The summed E-state index contributed by atoms with van der Waals surface area (Å²) < 4.78 is 25.5. The van der Waals surface area contributed by atoms with Crippen molar-refractivity contribution in [2.75, 3.05) is 51.8 Å². The summed E-state index contributed by atoms with van der Waals surface area (Å²) >= 11 is 0. The molecule has 6 rings (SSSR count). The van der Waals surface area contributed by atoms with Crippen LogP contribution in [0.15, 0.2) is 60.7 Å². The number of anilines is 1. The number of rotatable bonds is 4. The number of hydrogen-bond acceptors (Lipinski definition) is 5. The van der Waals surface area contributed by atoms with E-state index in [1.807, 2.05) is 57.2 Å². The van der Waals surface area contributed by atoms with E-state index in [-0.39, 0.29) is 17.6 Å². The summed E-state index contributed by atoms with van der Waals surface area (Å²) in [7, 11) is 3.19. The summed E-state index contributed by atoms with van der Waals surface area (Å²) in [4.78, 5) is 33.6. The van der Waals surface area contributed by atoms with Crippen molar-refractivity contribution < 1.29 is 23.5 Å². The van der Waals surface area contributed by atoms with Crippen molar-refractivity contribution in [2.45, 2.75) is 18.4 Å². The summed E-state index contributed by atoms with van der Waals surface area (Å²) in [5, 5.41) is 0. The number of carbonyl (C=O) groups excluding carboxylic acids is 2. The van der Waals surface area contributed by atoms with Crippen LogP contribution in [0.3, 0.4) is 0 Å². The van der Waals surface area contributed by atoms with Gasteiger partial charge in [0.2, 0.25) is 5.91 Å². The average Bonchev–Trinajstić information content (AvgIpc) is 2.96. The molecule has 7 nitrogen and oxygen atoms in total. The highest BCUT2D eigenvalue weighted by molar-refractivity contribution is 6.01. The maximum atomic E-state index is 14.4. The highest BCUT2D eigenvalue weighted by Crippen LogP contribution is 2.49. The van der Waals surface area contributed by atoms with Gasteiger partial charge in [-0.05, 0) is 53.4 Å². The molecule has 3 aromatic rings. The maximum absolute atomic E-state index is 14.4. The third-order valence-electron chi connectivity index (χ3n) is 8.08. The standard InChI is InChI=1S/C30H30FN3O4/c1-37-25-17-19-11-12-34-28(22(19)18-26(25)38-2)27(20-7-3-4-8-21(20)29(34)35)30(36)33-15-13-32(14-16-33)24-10-6-5-9-23(24)31/h3-10,17-18,27-28H,11-16H2,1-2H3/t27-,28+/m1/s1. The molecule has 0 aromatic heterocycles. The first kappa shape index (κ1) is 24.3. The molecule has 0 unspecified atom stereocenters. The Morgan fingerprint density at radius 3 is 2.29 bits per heavy atom. The molecule has 0 bridgehead atoms. The fourth-order valence-corrected chi connectivity index (χ4v) is 6.19. The Morgan fingerprint density at radius 2 is 1.55 bits per heavy atom. The van der Waals surface area contributed by atoms with Gasteiger partial charge in [0.1, 0.15) is 5.82 Å². The van der Waals surface area contributed by atoms with Crippen LogP contribution in [0.1, 0.15) is 39.0 Å². The van der Waals surface area contributed by atoms with Gasteiger partial charge in [0.15, 0.2) is 11.5 Å². The maximum Gasteiger partial charge on any atom is 0.254 e. The topological polar surface area (TPSA) is 62.3 Å². The number of fused-ring (bicyclic) bond motifs is 4. The minimum atomic E-state index is -0.555. The molecule has 3 aliphatic rings. The van der Waals surface area contributed by atoms with E-state index in [9.17, 15) is 14.0 Å². The number of benzene rings is 3. The van der Waals surface area contributed by atoms with Crippen LogP contribution >= 0.6 is 0 Å². The molecule has 8 heteroatoms. The van der Waals surface area contributed by atoms with Crippen molar-refractivity contribution in [1.82, 2.24) is 9.80 Å². The van der Waals surface area contributed by atoms with E-state index in [4.69, 9.17) is 9.47 Å². The molecular formula is C30H30FN3O4. The lowest BCUT2D eigenvalue weighted by Crippen LogP contribution is -2.54. The van der Waals surface area contributed by atoms with E-state index in [0.29, 0.717) is 61.9 Å². The molecule has 0 saturated carbocycles. The van der Waals surface area contributed by atoms with Crippen LogP contribution in [0.25, 0.3) is 0 Å². The molecule has 0 radical (unpaired) electrons. The van der Waals surface area contributed by atoms with E-state index in [1.165, 1.54) is 6.07 Å². The second-order valence-corrected chi connectivity index (χ2v) is 9.93. The Morgan fingerprint density at radius 1 is 0.868 bits per heavy atom. The van der Waals surface area contributed by atoms with Crippen molar-refractivity contribution >= 4 is 17.5 Å². The number of hydrogen-bond donors (Lipinski definition) is 0. The largest absolute Gasteiger partial charge is 0.493 e. The SMILES string of the molecule is COc1cc2c(cc1OC)[C@H]1[C@H](C(=O)N3CCN(c4ccccc4F)CC3)c3ccccc3C(=O)N1CC2. The summed E-state index contributed by atoms with van der Waals surface area (Å²) in [5.41, 5.74) is 3.86. The van der Waals surface area contributed by atoms with Gasteiger partial charge in [-0.1, -0.05) is 30.3 Å². The smallest absolute Gasteiger partial charge is 0.254 e. The first-order valence-electron chi connectivity index (χ1n) is 12.9. The van der Waals surface area contributed by atoms with E-state index in [0.717, 1.165) is 16.7 Å². The Kier molecular flexibility index (Phi) is 6.18. The average molecular weight is 516 g/mol. The molecule has 3 aromatic carbocycles. The number of nitrogens with zero attached hydrogens (tertiary/aromatic N) is 3. The minimum absolute atomic E-state index is 0.0178. The summed E-state index contributed by atoms with van der Waals surface area (Å²) in [6.07, 6.45) is 0.669. The molecule has 3 heterocycles. The molecule has 1 fully saturated rings. The van der Waals surface area contributed by atoms with E-state index in [2.05, 4.69) is 0 Å². The van der Waals surface area contributed by atoms with E-state index < -0.39 is 12.0 Å². The molecule has 38 heavy (non-hydrogen) atoms. The van der Waals surface area contributed by atoms with Gasteiger partial charge in [-0.2, -0.15) is 0 Å². The quantitative estimate of drug-likeness (QED) is 0.525. The predicted octanol–water partition coefficient (Wildman–Crippen LogP) is 4.03. The Hall–Kier alpha value is -4.07. The van der Waals surface area contributed by atoms with Gasteiger partial charge in [0, 0.05) is 38.3 Å². The third kappa shape index (κ3) is 3.86. The Bertz CT molecular complexity index is 1400. The van der Waals surface area contributed by atoms with Crippen molar-refractivity contribution in [1.29, 1.82) is 0 Å². The first-order chi connectivity index (χ1) is 18.5. The van der Waals surface area contributed by atoms with Crippen molar-refractivity contribution in [2.24, 2.45) is 0 Å². The van der Waals surface area contributed by atoms with Crippen molar-refractivity contribution in [3.05, 3.63) is 88.7 Å². The number of piperazine rings is 1. The van der Waals surface area contributed by atoms with Crippen molar-refractivity contribution in [3.63, 3.8) is 0 Å². The molecule has 1 saturated heterocycles. The van der Waals surface area contributed by atoms with Gasteiger partial charge < -0.3 is 24.2 Å². The first-order valence-corrected chi connectivity index (χ1v) is 12.9. The van der Waals surface area contributed by atoms with Crippen LogP contribution in [-0.2, 0) is 11.2 Å². The molecule has 0 aliphatic carbocycles. The Balaban J connectivity index is 1.37. The third-order valence-corrected chi connectivity index (χ3v) is 8.08. The number of ether oxygens (including phenoxy) is 2. The molecule has 3 aliphatic heterocycles. The van der Waals surface area contributed by atoms with Gasteiger partial charge in [0.05, 0.1) is 31.9 Å². The second-order valence-electron chi connectivity index (χ2n) is 9.93. The van der Waals surface area contributed by atoms with Crippen LogP contribution < -0.4 is 14.4 Å². The molecular weight excluding hydrogens is 485 g/mol. The number of halogens is 1. The fraction of sp³-hybridized carbons (Fsp3) is 0.333. The van der Waals surface area contributed by atoms with E-state index >= 15 is 0 Å². The zero-order valence-corrected chi connectivity index (χ0v) is 21.5. The van der Waals surface area contributed by atoms with Crippen LogP contribution in [0, 0.1) is 5.82 Å². The zero-order valence-electron chi connectivity index (χ0n) is 21.5. The van der Waals surface area contributed by atoms with Gasteiger partial charge in [-0.15, -0.1) is 0 Å². The van der Waals surface area contributed by atoms with Crippen LogP contribution in [0.2, 0.25) is 0 Å². The molecule has 2 amide bonds. The van der Waals surface area contributed by atoms with Gasteiger partial charge in [-0.3, -0.25) is 9.59 Å². The molecule has 2 atom stereocenters. The van der Waals surface area contributed by atoms with Crippen LogP contribution in [-0.4, -0.2) is 68.6 Å². The normalized spacial score (nSPS) is 20.4. The van der Waals surface area contributed by atoms with Crippen molar-refractivity contribution in [3.8, 4) is 11.5 Å². The monoisotopic (exact) mass is 515 g/mol. The molecule has 196 valence electrons. The van der Waals surface area contributed by atoms with Crippen LogP contribution in [0.5, 0.6) is 11.5 Å². The fourth-order valence-electron chi connectivity index (χ4n) is 6.19. The second kappa shape index (κ2) is 9.67. The summed E-state index contributed by atoms with van der Waals surface area (Å²) in [5.74, 6) is 0.320. The summed E-state index contributed by atoms with van der Waals surface area (Å²) in [6.45, 7) is 2.55. The van der Waals surface area contributed by atoms with Gasteiger partial charge in [0.25, 0.3) is 5.91 Å². The Labute approximate surface area is 221 Å². The number of amides is 2. The number of carbonyl (C=O) groups is 2. The van der Waals surface area contributed by atoms with Crippen LogP contribution in [0.4, 0.5) is 10.1 Å². The molecule has 0 spiro atoms. The lowest BCUT2D eigenvalue weighted by molar-refractivity contribution is -0.135.